The van der Waals surface area contributed by atoms with Crippen molar-refractivity contribution in [2.45, 2.75) is 4.90 Å². The molecule has 0 saturated heterocycles. The highest BCUT2D eigenvalue weighted by Crippen LogP contribution is 2.30. The van der Waals surface area contributed by atoms with E-state index >= 15 is 0 Å². The average Bonchev–Trinajstić information content (AvgIpc) is 2.71. The number of sulfonamides is 1. The molecule has 3 aromatic rings. The number of rotatable bonds is 6. The Morgan fingerprint density at radius 3 is 2.24 bits per heavy atom. The van der Waals surface area contributed by atoms with Crippen LogP contribution in [0.4, 0.5) is 11.4 Å². The second-order valence-corrected chi connectivity index (χ2v) is 8.35. The molecule has 0 aromatic heterocycles. The maximum absolute atomic E-state index is 12.7. The molecule has 150 valence electrons. The molecular weight excluding hydrogens is 435 g/mol. The molecule has 0 heterocycles. The monoisotopic (exact) mass is 450 g/mol. The van der Waals surface area contributed by atoms with Gasteiger partial charge in [-0.1, -0.05) is 41.4 Å². The molecule has 0 unspecified atom stereocenters. The zero-order chi connectivity index (χ0) is 21.0. The van der Waals surface area contributed by atoms with Gasteiger partial charge in [-0.25, -0.2) is 8.42 Å². The SMILES string of the molecule is COc1ccc(S(=O)(=O)Nc2ccccc2C(=O)Nc2cccc(Cl)c2Cl)cc1. The van der Waals surface area contributed by atoms with Gasteiger partial charge < -0.3 is 10.1 Å². The number of para-hydroxylation sites is 1. The Kier molecular flexibility index (Phi) is 6.32. The molecule has 6 nitrogen and oxygen atoms in total. The zero-order valence-corrected chi connectivity index (χ0v) is 17.5. The average molecular weight is 451 g/mol. The molecule has 0 saturated carbocycles. The predicted molar refractivity (Wildman–Crippen MR) is 115 cm³/mol. The van der Waals surface area contributed by atoms with E-state index in [0.29, 0.717) is 11.4 Å². The van der Waals surface area contributed by atoms with Gasteiger partial charge in [-0.05, 0) is 48.5 Å². The number of hydrogen-bond donors (Lipinski definition) is 2. The Bertz CT molecular complexity index is 1150. The Hall–Kier alpha value is -2.74. The molecule has 0 spiro atoms. The Morgan fingerprint density at radius 1 is 0.897 bits per heavy atom. The highest BCUT2D eigenvalue weighted by molar-refractivity contribution is 7.92. The number of amides is 1. The van der Waals surface area contributed by atoms with Crippen molar-refractivity contribution in [3.05, 3.63) is 82.3 Å². The van der Waals surface area contributed by atoms with Gasteiger partial charge in [0.25, 0.3) is 15.9 Å². The largest absolute Gasteiger partial charge is 0.497 e. The zero-order valence-electron chi connectivity index (χ0n) is 15.1. The molecule has 9 heteroatoms. The lowest BCUT2D eigenvalue weighted by Crippen LogP contribution is -2.18. The molecule has 0 aliphatic heterocycles. The van der Waals surface area contributed by atoms with E-state index in [0.717, 1.165) is 0 Å². The number of anilines is 2. The highest BCUT2D eigenvalue weighted by Gasteiger charge is 2.19. The molecule has 0 bridgehead atoms. The second-order valence-electron chi connectivity index (χ2n) is 5.88. The summed E-state index contributed by atoms with van der Waals surface area (Å²) in [6, 6.07) is 17.0. The minimum atomic E-state index is -3.91. The molecule has 0 atom stereocenters. The van der Waals surface area contributed by atoms with Crippen LogP contribution in [0.5, 0.6) is 5.75 Å². The first-order valence-electron chi connectivity index (χ1n) is 8.33. The van der Waals surface area contributed by atoms with Crippen LogP contribution in [0.25, 0.3) is 0 Å². The van der Waals surface area contributed by atoms with Crippen LogP contribution in [0, 0.1) is 0 Å². The Labute approximate surface area is 178 Å². The number of carbonyl (C=O) groups excluding carboxylic acids is 1. The van der Waals surface area contributed by atoms with E-state index in [4.69, 9.17) is 27.9 Å². The molecular formula is C20H16Cl2N2O4S. The summed E-state index contributed by atoms with van der Waals surface area (Å²) < 4.78 is 32.9. The van der Waals surface area contributed by atoms with Gasteiger partial charge in [-0.3, -0.25) is 9.52 Å². The fourth-order valence-corrected chi connectivity index (χ4v) is 3.95. The first kappa shape index (κ1) is 21.0. The van der Waals surface area contributed by atoms with Gasteiger partial charge in [0.1, 0.15) is 5.75 Å². The summed E-state index contributed by atoms with van der Waals surface area (Å²) in [5, 5.41) is 3.12. The van der Waals surface area contributed by atoms with E-state index in [9.17, 15) is 13.2 Å². The van der Waals surface area contributed by atoms with Gasteiger partial charge in [0.15, 0.2) is 0 Å². The summed E-state index contributed by atoms with van der Waals surface area (Å²) >= 11 is 12.1. The quantitative estimate of drug-likeness (QED) is 0.549. The van der Waals surface area contributed by atoms with Gasteiger partial charge in [-0.2, -0.15) is 0 Å². The number of hydrogen-bond acceptors (Lipinski definition) is 4. The van der Waals surface area contributed by atoms with Gasteiger partial charge in [0.2, 0.25) is 0 Å². The van der Waals surface area contributed by atoms with Crippen molar-refractivity contribution in [3.8, 4) is 5.75 Å². The van der Waals surface area contributed by atoms with E-state index in [-0.39, 0.29) is 26.2 Å². The summed E-state index contributed by atoms with van der Waals surface area (Å²) in [5.41, 5.74) is 0.566. The molecule has 0 fully saturated rings. The molecule has 29 heavy (non-hydrogen) atoms. The topological polar surface area (TPSA) is 84.5 Å². The van der Waals surface area contributed by atoms with Crippen LogP contribution >= 0.6 is 23.2 Å². The number of methoxy groups -OCH3 is 1. The van der Waals surface area contributed by atoms with Crippen molar-refractivity contribution in [3.63, 3.8) is 0 Å². The normalized spacial score (nSPS) is 11.0. The van der Waals surface area contributed by atoms with Crippen LogP contribution in [0.2, 0.25) is 10.0 Å². The molecule has 0 radical (unpaired) electrons. The van der Waals surface area contributed by atoms with Crippen LogP contribution in [-0.4, -0.2) is 21.4 Å². The lowest BCUT2D eigenvalue weighted by atomic mass is 10.1. The lowest BCUT2D eigenvalue weighted by molar-refractivity contribution is 0.102. The molecule has 3 rings (SSSR count). The minimum Gasteiger partial charge on any atom is -0.497 e. The van der Waals surface area contributed by atoms with Crippen LogP contribution in [0.1, 0.15) is 10.4 Å². The smallest absolute Gasteiger partial charge is 0.261 e. The van der Waals surface area contributed by atoms with Crippen molar-refractivity contribution in [2.24, 2.45) is 0 Å². The maximum Gasteiger partial charge on any atom is 0.261 e. The standard InChI is InChI=1S/C20H16Cl2N2O4S/c1-28-13-9-11-14(12-10-13)29(26,27)24-17-7-3-2-5-15(17)20(25)23-18-8-4-6-16(21)19(18)22/h2-12,24H,1H3,(H,23,25). The summed E-state index contributed by atoms with van der Waals surface area (Å²) in [6.45, 7) is 0. The summed E-state index contributed by atoms with van der Waals surface area (Å²) in [7, 11) is -2.43. The molecule has 1 amide bonds. The van der Waals surface area contributed by atoms with Crippen LogP contribution in [-0.2, 0) is 10.0 Å². The van der Waals surface area contributed by atoms with Crippen molar-refractivity contribution in [1.82, 2.24) is 0 Å². The maximum atomic E-state index is 12.7. The van der Waals surface area contributed by atoms with Gasteiger partial charge in [0.05, 0.1) is 39.0 Å². The molecule has 2 N–H and O–H groups in total. The van der Waals surface area contributed by atoms with E-state index in [2.05, 4.69) is 10.0 Å². The number of carbonyl (C=O) groups is 1. The molecule has 3 aromatic carbocycles. The predicted octanol–water partition coefficient (Wildman–Crippen LogP) is 5.06. The van der Waals surface area contributed by atoms with Gasteiger partial charge in [0, 0.05) is 0 Å². The van der Waals surface area contributed by atoms with E-state index in [1.807, 2.05) is 0 Å². The van der Waals surface area contributed by atoms with Crippen LogP contribution in [0.3, 0.4) is 0 Å². The summed E-state index contributed by atoms with van der Waals surface area (Å²) in [5.74, 6) is -0.00988. The lowest BCUT2D eigenvalue weighted by Gasteiger charge is -2.14. The number of ether oxygens (including phenoxy) is 1. The number of halogens is 2. The van der Waals surface area contributed by atoms with Crippen molar-refractivity contribution in [2.75, 3.05) is 17.1 Å². The first-order chi connectivity index (χ1) is 13.8. The van der Waals surface area contributed by atoms with E-state index in [1.165, 1.54) is 43.5 Å². The van der Waals surface area contributed by atoms with Gasteiger partial charge in [-0.15, -0.1) is 0 Å². The van der Waals surface area contributed by atoms with Crippen LogP contribution in [0.15, 0.2) is 71.6 Å². The minimum absolute atomic E-state index is 0.0337. The summed E-state index contributed by atoms with van der Waals surface area (Å²) in [4.78, 5) is 12.8. The van der Waals surface area contributed by atoms with E-state index < -0.39 is 15.9 Å². The third kappa shape index (κ3) is 4.82. The molecule has 0 aliphatic rings. The number of benzene rings is 3. The third-order valence-corrected chi connectivity index (χ3v) is 6.19. The van der Waals surface area contributed by atoms with Crippen LogP contribution < -0.4 is 14.8 Å². The van der Waals surface area contributed by atoms with Crippen molar-refractivity contribution < 1.29 is 17.9 Å². The summed E-state index contributed by atoms with van der Waals surface area (Å²) in [6.07, 6.45) is 0. The van der Waals surface area contributed by atoms with Crippen molar-refractivity contribution in [1.29, 1.82) is 0 Å². The first-order valence-corrected chi connectivity index (χ1v) is 10.6. The Balaban J connectivity index is 1.88. The third-order valence-electron chi connectivity index (χ3n) is 3.99. The fourth-order valence-electron chi connectivity index (χ4n) is 2.52. The van der Waals surface area contributed by atoms with Crippen molar-refractivity contribution >= 4 is 50.5 Å². The second kappa shape index (κ2) is 8.73. The van der Waals surface area contributed by atoms with E-state index in [1.54, 1.807) is 30.3 Å². The Morgan fingerprint density at radius 2 is 1.55 bits per heavy atom. The number of nitrogens with one attached hydrogen (secondary N) is 2. The van der Waals surface area contributed by atoms with Gasteiger partial charge >= 0.3 is 0 Å². The molecule has 0 aliphatic carbocycles. The highest BCUT2D eigenvalue weighted by atomic mass is 35.5. The fraction of sp³-hybridized carbons (Fsp3) is 0.0500.